The summed E-state index contributed by atoms with van der Waals surface area (Å²) in [5.74, 6) is 0. The second-order valence-electron chi connectivity index (χ2n) is 5.79. The van der Waals surface area contributed by atoms with Gasteiger partial charge >= 0.3 is 0 Å². The third-order valence-corrected chi connectivity index (χ3v) is 5.12. The zero-order valence-corrected chi connectivity index (χ0v) is 12.9. The van der Waals surface area contributed by atoms with Gasteiger partial charge in [-0.2, -0.15) is 0 Å². The van der Waals surface area contributed by atoms with E-state index in [1.54, 1.807) is 0 Å². The molecule has 1 aliphatic rings. The summed E-state index contributed by atoms with van der Waals surface area (Å²) in [6, 6.07) is 11.3. The summed E-state index contributed by atoms with van der Waals surface area (Å²) < 4.78 is 1.26. The van der Waals surface area contributed by atoms with Gasteiger partial charge in [0.15, 0.2) is 0 Å². The van der Waals surface area contributed by atoms with Crippen molar-refractivity contribution in [3.8, 4) is 11.1 Å². The maximum absolute atomic E-state index is 3.78. The summed E-state index contributed by atoms with van der Waals surface area (Å²) in [5, 5.41) is 0. The molecule has 0 fully saturated rings. The van der Waals surface area contributed by atoms with Gasteiger partial charge in [0.25, 0.3) is 0 Å². The highest BCUT2D eigenvalue weighted by Crippen LogP contribution is 2.52. The molecule has 0 spiro atoms. The maximum Gasteiger partial charge on any atom is 0.0251 e. The molecule has 0 saturated heterocycles. The van der Waals surface area contributed by atoms with Crippen molar-refractivity contribution in [1.82, 2.24) is 0 Å². The van der Waals surface area contributed by atoms with Crippen molar-refractivity contribution in [3.05, 3.63) is 57.1 Å². The van der Waals surface area contributed by atoms with Crippen LogP contribution in [0.3, 0.4) is 0 Å². The van der Waals surface area contributed by atoms with Crippen LogP contribution in [0.1, 0.15) is 36.1 Å². The van der Waals surface area contributed by atoms with Crippen LogP contribution in [0.25, 0.3) is 11.1 Å². The lowest BCUT2D eigenvalue weighted by Crippen LogP contribution is -2.16. The molecule has 0 radical (unpaired) electrons. The molecule has 92 valence electrons. The number of rotatable bonds is 0. The average Bonchev–Trinajstić information content (AvgIpc) is 2.53. The Morgan fingerprint density at radius 2 is 1.61 bits per heavy atom. The van der Waals surface area contributed by atoms with Crippen LogP contribution in [0.2, 0.25) is 0 Å². The minimum Gasteiger partial charge on any atom is -0.0587 e. The predicted octanol–water partition coefficient (Wildman–Crippen LogP) is 5.37. The Labute approximate surface area is 117 Å². The molecular weight excluding hydrogens is 284 g/mol. The molecule has 0 aliphatic heterocycles. The van der Waals surface area contributed by atoms with Gasteiger partial charge in [0.1, 0.15) is 0 Å². The molecule has 1 heteroatoms. The Morgan fingerprint density at radius 1 is 0.944 bits per heavy atom. The molecular formula is C17H17Br. The molecule has 0 amide bonds. The van der Waals surface area contributed by atoms with Crippen molar-refractivity contribution in [3.63, 3.8) is 0 Å². The monoisotopic (exact) mass is 300 g/mol. The van der Waals surface area contributed by atoms with Crippen LogP contribution in [0.5, 0.6) is 0 Å². The molecule has 0 bridgehead atoms. The fourth-order valence-electron chi connectivity index (χ4n) is 3.06. The number of fused-ring (bicyclic) bond motifs is 3. The lowest BCUT2D eigenvalue weighted by atomic mass is 9.81. The summed E-state index contributed by atoms with van der Waals surface area (Å²) in [5.41, 5.74) is 8.39. The Kier molecular flexibility index (Phi) is 2.47. The molecule has 0 N–H and O–H groups in total. The SMILES string of the molecule is Cc1ccc2c(c1)C(C)(C)c1c-2ccc(C)c1Br. The van der Waals surface area contributed by atoms with Crippen molar-refractivity contribution in [2.45, 2.75) is 33.1 Å². The largest absolute Gasteiger partial charge is 0.0587 e. The second-order valence-corrected chi connectivity index (χ2v) is 6.59. The van der Waals surface area contributed by atoms with E-state index in [2.05, 4.69) is 74.0 Å². The van der Waals surface area contributed by atoms with Crippen LogP contribution >= 0.6 is 15.9 Å². The van der Waals surface area contributed by atoms with Gasteiger partial charge < -0.3 is 0 Å². The Morgan fingerprint density at radius 3 is 2.33 bits per heavy atom. The Bertz CT molecular complexity index is 651. The number of halogens is 1. The van der Waals surface area contributed by atoms with Crippen LogP contribution in [0.4, 0.5) is 0 Å². The fraction of sp³-hybridized carbons (Fsp3) is 0.294. The van der Waals surface area contributed by atoms with E-state index in [-0.39, 0.29) is 5.41 Å². The molecule has 0 unspecified atom stereocenters. The van der Waals surface area contributed by atoms with Crippen molar-refractivity contribution in [2.24, 2.45) is 0 Å². The molecule has 0 nitrogen and oxygen atoms in total. The number of aryl methyl sites for hydroxylation is 2. The van der Waals surface area contributed by atoms with Crippen molar-refractivity contribution >= 4 is 15.9 Å². The molecule has 1 aliphatic carbocycles. The molecule has 0 atom stereocenters. The zero-order chi connectivity index (χ0) is 13.1. The third kappa shape index (κ3) is 1.43. The van der Waals surface area contributed by atoms with Gasteiger partial charge in [-0.3, -0.25) is 0 Å². The van der Waals surface area contributed by atoms with Crippen LogP contribution in [-0.4, -0.2) is 0 Å². The van der Waals surface area contributed by atoms with Crippen molar-refractivity contribution in [1.29, 1.82) is 0 Å². The molecule has 0 saturated carbocycles. The molecule has 18 heavy (non-hydrogen) atoms. The van der Waals surface area contributed by atoms with E-state index in [0.29, 0.717) is 0 Å². The maximum atomic E-state index is 3.78. The summed E-state index contributed by atoms with van der Waals surface area (Å²) in [4.78, 5) is 0. The minimum atomic E-state index is 0.0849. The van der Waals surface area contributed by atoms with Crippen LogP contribution in [0, 0.1) is 13.8 Å². The summed E-state index contributed by atoms with van der Waals surface area (Å²) in [6.45, 7) is 8.97. The van der Waals surface area contributed by atoms with E-state index in [1.165, 1.54) is 37.9 Å². The highest BCUT2D eigenvalue weighted by molar-refractivity contribution is 9.10. The smallest absolute Gasteiger partial charge is 0.0251 e. The minimum absolute atomic E-state index is 0.0849. The second kappa shape index (κ2) is 3.71. The van der Waals surface area contributed by atoms with Crippen LogP contribution in [-0.2, 0) is 5.41 Å². The molecule has 0 heterocycles. The van der Waals surface area contributed by atoms with Gasteiger partial charge in [0.2, 0.25) is 0 Å². The highest BCUT2D eigenvalue weighted by atomic mass is 79.9. The highest BCUT2D eigenvalue weighted by Gasteiger charge is 2.37. The van der Waals surface area contributed by atoms with Crippen molar-refractivity contribution < 1.29 is 0 Å². The first-order valence-corrected chi connectivity index (χ1v) is 7.13. The van der Waals surface area contributed by atoms with E-state index in [4.69, 9.17) is 0 Å². The van der Waals surface area contributed by atoms with Gasteiger partial charge in [-0.25, -0.2) is 0 Å². The summed E-state index contributed by atoms with van der Waals surface area (Å²) >= 11 is 3.78. The molecule has 3 rings (SSSR count). The van der Waals surface area contributed by atoms with E-state index >= 15 is 0 Å². The van der Waals surface area contributed by atoms with Gasteiger partial charge in [-0.05, 0) is 41.7 Å². The predicted molar refractivity (Wildman–Crippen MR) is 81.2 cm³/mol. The molecule has 0 aromatic heterocycles. The van der Waals surface area contributed by atoms with E-state index in [1.807, 2.05) is 0 Å². The van der Waals surface area contributed by atoms with Gasteiger partial charge in [-0.15, -0.1) is 0 Å². The third-order valence-electron chi connectivity index (χ3n) is 4.10. The molecule has 2 aromatic rings. The van der Waals surface area contributed by atoms with E-state index < -0.39 is 0 Å². The first-order chi connectivity index (χ1) is 8.43. The number of benzene rings is 2. The lowest BCUT2D eigenvalue weighted by molar-refractivity contribution is 0.655. The average molecular weight is 301 g/mol. The van der Waals surface area contributed by atoms with E-state index in [0.717, 1.165) is 0 Å². The zero-order valence-electron chi connectivity index (χ0n) is 11.3. The van der Waals surface area contributed by atoms with Gasteiger partial charge in [-0.1, -0.05) is 65.7 Å². The first kappa shape index (κ1) is 12.0. The Hall–Kier alpha value is -1.08. The topological polar surface area (TPSA) is 0 Å². The molecule has 2 aromatic carbocycles. The van der Waals surface area contributed by atoms with Crippen molar-refractivity contribution in [2.75, 3.05) is 0 Å². The number of hydrogen-bond donors (Lipinski definition) is 0. The lowest BCUT2D eigenvalue weighted by Gasteiger charge is -2.23. The Balaban J connectivity index is 2.42. The van der Waals surface area contributed by atoms with Gasteiger partial charge in [0.05, 0.1) is 0 Å². The first-order valence-electron chi connectivity index (χ1n) is 6.34. The quantitative estimate of drug-likeness (QED) is 0.613. The summed E-state index contributed by atoms with van der Waals surface area (Å²) in [7, 11) is 0. The number of hydrogen-bond acceptors (Lipinski definition) is 0. The van der Waals surface area contributed by atoms with Crippen LogP contribution < -0.4 is 0 Å². The summed E-state index contributed by atoms with van der Waals surface area (Å²) in [6.07, 6.45) is 0. The standard InChI is InChI=1S/C17H17Br/c1-10-5-7-12-13-8-6-11(2)16(18)15(13)17(3,4)14(12)9-10/h5-9H,1-4H3. The fourth-order valence-corrected chi connectivity index (χ4v) is 3.90. The van der Waals surface area contributed by atoms with Crippen LogP contribution in [0.15, 0.2) is 34.8 Å². The van der Waals surface area contributed by atoms with E-state index in [9.17, 15) is 0 Å². The normalized spacial score (nSPS) is 15.4. The van der Waals surface area contributed by atoms with Gasteiger partial charge in [0, 0.05) is 9.89 Å².